The number of alkyl halides is 3. The minimum atomic E-state index is -4.49. The third-order valence-corrected chi connectivity index (χ3v) is 4.35. The highest BCUT2D eigenvalue weighted by molar-refractivity contribution is 9.10. The first-order chi connectivity index (χ1) is 10.3. The second kappa shape index (κ2) is 7.02. The number of aryl methyl sites for hydroxylation is 1. The highest BCUT2D eigenvalue weighted by Crippen LogP contribution is 2.46. The Balaban J connectivity index is 2.05. The van der Waals surface area contributed by atoms with Crippen molar-refractivity contribution in [2.24, 2.45) is 0 Å². The van der Waals surface area contributed by atoms with Crippen molar-refractivity contribution in [1.82, 2.24) is 15.1 Å². The summed E-state index contributed by atoms with van der Waals surface area (Å²) >= 11 is 3.03. The molecular formula is C14H19BrF3N3O. The van der Waals surface area contributed by atoms with Crippen LogP contribution in [0.4, 0.5) is 13.2 Å². The molecule has 0 aliphatic heterocycles. The van der Waals surface area contributed by atoms with Crippen molar-refractivity contribution in [3.63, 3.8) is 0 Å². The van der Waals surface area contributed by atoms with Crippen molar-refractivity contribution < 1.29 is 18.0 Å². The van der Waals surface area contributed by atoms with Crippen LogP contribution in [-0.4, -0.2) is 22.2 Å². The summed E-state index contributed by atoms with van der Waals surface area (Å²) in [6, 6.07) is 0. The minimum Gasteiger partial charge on any atom is -0.356 e. The van der Waals surface area contributed by atoms with Crippen LogP contribution in [-0.2, 0) is 17.5 Å². The van der Waals surface area contributed by atoms with E-state index in [-0.39, 0.29) is 29.3 Å². The number of nitrogens with zero attached hydrogens (tertiary/aromatic N) is 2. The highest BCUT2D eigenvalue weighted by Gasteiger charge is 2.41. The Bertz CT molecular complexity index is 538. The Morgan fingerprint density at radius 3 is 2.68 bits per heavy atom. The third kappa shape index (κ3) is 4.24. The van der Waals surface area contributed by atoms with Crippen LogP contribution in [0.1, 0.15) is 56.3 Å². The summed E-state index contributed by atoms with van der Waals surface area (Å²) in [5, 5.41) is 6.43. The second-order valence-corrected chi connectivity index (χ2v) is 6.29. The third-order valence-electron chi connectivity index (χ3n) is 3.57. The lowest BCUT2D eigenvalue weighted by Crippen LogP contribution is -2.25. The summed E-state index contributed by atoms with van der Waals surface area (Å²) < 4.78 is 40.2. The van der Waals surface area contributed by atoms with Crippen molar-refractivity contribution in [1.29, 1.82) is 0 Å². The Hall–Kier alpha value is -1.05. The molecule has 1 aromatic heterocycles. The molecule has 0 spiro atoms. The van der Waals surface area contributed by atoms with Crippen molar-refractivity contribution in [2.45, 2.75) is 57.7 Å². The number of hydrogen-bond donors (Lipinski definition) is 1. The van der Waals surface area contributed by atoms with Gasteiger partial charge in [0.15, 0.2) is 5.69 Å². The lowest BCUT2D eigenvalue weighted by molar-refractivity contribution is -0.142. The summed E-state index contributed by atoms with van der Waals surface area (Å²) in [6.45, 7) is 2.79. The van der Waals surface area contributed by atoms with Gasteiger partial charge in [-0.25, -0.2) is 0 Å². The molecule has 0 unspecified atom stereocenters. The van der Waals surface area contributed by atoms with Crippen LogP contribution in [0.25, 0.3) is 0 Å². The van der Waals surface area contributed by atoms with Crippen LogP contribution >= 0.6 is 15.9 Å². The number of rotatable bonds is 7. The zero-order valence-corrected chi connectivity index (χ0v) is 13.9. The number of nitrogens with one attached hydrogen (secondary N) is 1. The molecule has 0 atom stereocenters. The molecule has 1 fully saturated rings. The topological polar surface area (TPSA) is 46.9 Å². The quantitative estimate of drug-likeness (QED) is 0.729. The standard InChI is InChI=1S/C14H19BrF3N3O/c1-2-3-7-19-10(22)6-8-21-12(9-4-5-9)11(15)13(20-21)14(16,17)18/h9H,2-8H2,1H3,(H,19,22). The van der Waals surface area contributed by atoms with Crippen LogP contribution in [0.5, 0.6) is 0 Å². The first-order valence-corrected chi connectivity index (χ1v) is 8.24. The number of carbonyl (C=O) groups is 1. The molecule has 0 aromatic carbocycles. The number of unbranched alkanes of at least 4 members (excludes halogenated alkanes) is 1. The van der Waals surface area contributed by atoms with Crippen LogP contribution in [0.2, 0.25) is 0 Å². The van der Waals surface area contributed by atoms with Crippen LogP contribution in [0.3, 0.4) is 0 Å². The van der Waals surface area contributed by atoms with E-state index >= 15 is 0 Å². The maximum absolute atomic E-state index is 12.9. The van der Waals surface area contributed by atoms with Gasteiger partial charge in [-0.2, -0.15) is 18.3 Å². The van der Waals surface area contributed by atoms with E-state index in [1.807, 2.05) is 6.92 Å². The van der Waals surface area contributed by atoms with Gasteiger partial charge < -0.3 is 5.32 Å². The van der Waals surface area contributed by atoms with Gasteiger partial charge in [-0.1, -0.05) is 13.3 Å². The van der Waals surface area contributed by atoms with Gasteiger partial charge in [0.1, 0.15) is 0 Å². The van der Waals surface area contributed by atoms with Gasteiger partial charge >= 0.3 is 6.18 Å². The highest BCUT2D eigenvalue weighted by atomic mass is 79.9. The number of aromatic nitrogens is 2. The van der Waals surface area contributed by atoms with Gasteiger partial charge in [0.2, 0.25) is 5.91 Å². The molecule has 0 saturated heterocycles. The van der Waals surface area contributed by atoms with Crippen molar-refractivity contribution in [3.8, 4) is 0 Å². The number of carbonyl (C=O) groups excluding carboxylic acids is 1. The monoisotopic (exact) mass is 381 g/mol. The summed E-state index contributed by atoms with van der Waals surface area (Å²) in [4.78, 5) is 11.7. The van der Waals surface area contributed by atoms with Crippen LogP contribution < -0.4 is 5.32 Å². The molecule has 0 bridgehead atoms. The first kappa shape index (κ1) is 17.3. The minimum absolute atomic E-state index is 0.0221. The summed E-state index contributed by atoms with van der Waals surface area (Å²) in [7, 11) is 0. The maximum Gasteiger partial charge on any atom is 0.436 e. The molecule has 1 aliphatic carbocycles. The van der Waals surface area contributed by atoms with E-state index in [4.69, 9.17) is 0 Å². The molecule has 8 heteroatoms. The summed E-state index contributed by atoms with van der Waals surface area (Å²) in [5.41, 5.74) is -0.338. The second-order valence-electron chi connectivity index (χ2n) is 5.50. The molecule has 124 valence electrons. The molecule has 1 amide bonds. The normalized spacial score (nSPS) is 15.1. The molecule has 4 nitrogen and oxygen atoms in total. The molecule has 22 heavy (non-hydrogen) atoms. The predicted octanol–water partition coefficient (Wildman–Crippen LogP) is 3.85. The zero-order valence-electron chi connectivity index (χ0n) is 12.3. The Morgan fingerprint density at radius 1 is 1.45 bits per heavy atom. The predicted molar refractivity (Wildman–Crippen MR) is 79.4 cm³/mol. The van der Waals surface area contributed by atoms with Gasteiger partial charge in [-0.05, 0) is 35.2 Å². The Morgan fingerprint density at radius 2 is 2.14 bits per heavy atom. The van der Waals surface area contributed by atoms with Crippen molar-refractivity contribution >= 4 is 21.8 Å². The fourth-order valence-electron chi connectivity index (χ4n) is 2.25. The molecule has 1 aliphatic rings. The van der Waals surface area contributed by atoms with E-state index in [9.17, 15) is 18.0 Å². The van der Waals surface area contributed by atoms with E-state index in [0.29, 0.717) is 12.2 Å². The van der Waals surface area contributed by atoms with E-state index in [0.717, 1.165) is 25.7 Å². The van der Waals surface area contributed by atoms with Crippen LogP contribution in [0.15, 0.2) is 4.47 Å². The molecule has 1 saturated carbocycles. The summed E-state index contributed by atoms with van der Waals surface area (Å²) in [5.74, 6) is -0.0449. The lowest BCUT2D eigenvalue weighted by Gasteiger charge is -2.07. The van der Waals surface area contributed by atoms with Crippen LogP contribution in [0, 0.1) is 0 Å². The van der Waals surface area contributed by atoms with E-state index < -0.39 is 11.9 Å². The average Bonchev–Trinajstić information content (AvgIpc) is 3.19. The fourth-order valence-corrected chi connectivity index (χ4v) is 3.08. The average molecular weight is 382 g/mol. The van der Waals surface area contributed by atoms with Crippen molar-refractivity contribution in [2.75, 3.05) is 6.54 Å². The molecule has 0 radical (unpaired) electrons. The fraction of sp³-hybridized carbons (Fsp3) is 0.714. The Kier molecular flexibility index (Phi) is 5.52. The first-order valence-electron chi connectivity index (χ1n) is 7.44. The van der Waals surface area contributed by atoms with E-state index in [2.05, 4.69) is 26.3 Å². The Labute approximate surface area is 135 Å². The molecule has 2 rings (SSSR count). The van der Waals surface area contributed by atoms with Gasteiger partial charge in [0.05, 0.1) is 16.7 Å². The van der Waals surface area contributed by atoms with E-state index in [1.165, 1.54) is 4.68 Å². The number of halogens is 4. The maximum atomic E-state index is 12.9. The van der Waals surface area contributed by atoms with Crippen molar-refractivity contribution in [3.05, 3.63) is 15.9 Å². The van der Waals surface area contributed by atoms with Gasteiger partial charge in [-0.15, -0.1) is 0 Å². The molecule has 1 aromatic rings. The largest absolute Gasteiger partial charge is 0.436 e. The SMILES string of the molecule is CCCCNC(=O)CCn1nc(C(F)(F)F)c(Br)c1C1CC1. The smallest absolute Gasteiger partial charge is 0.356 e. The van der Waals surface area contributed by atoms with E-state index in [1.54, 1.807) is 0 Å². The van der Waals surface area contributed by atoms with Gasteiger partial charge in [-0.3, -0.25) is 9.48 Å². The van der Waals surface area contributed by atoms with Gasteiger partial charge in [0.25, 0.3) is 0 Å². The zero-order chi connectivity index (χ0) is 16.3. The summed E-state index contributed by atoms with van der Waals surface area (Å²) in [6.07, 6.45) is -0.752. The van der Waals surface area contributed by atoms with Gasteiger partial charge in [0, 0.05) is 18.9 Å². The number of hydrogen-bond acceptors (Lipinski definition) is 2. The molecule has 1 N–H and O–H groups in total. The lowest BCUT2D eigenvalue weighted by atomic mass is 10.2. The number of amides is 1. The molecular weight excluding hydrogens is 363 g/mol. The molecule has 1 heterocycles.